The molecule has 0 unspecified atom stereocenters. The zero-order valence-corrected chi connectivity index (χ0v) is 18.1. The van der Waals surface area contributed by atoms with Crippen molar-refractivity contribution in [3.63, 3.8) is 0 Å². The lowest BCUT2D eigenvalue weighted by molar-refractivity contribution is -0.114. The van der Waals surface area contributed by atoms with Crippen LogP contribution in [0.3, 0.4) is 0 Å². The maximum atomic E-state index is 12.7. The first-order valence-electron chi connectivity index (χ1n) is 10.4. The van der Waals surface area contributed by atoms with Gasteiger partial charge in [-0.3, -0.25) is 4.79 Å². The molecule has 1 saturated heterocycles. The predicted octanol–water partition coefficient (Wildman–Crippen LogP) is 3.59. The van der Waals surface area contributed by atoms with Crippen molar-refractivity contribution in [2.45, 2.75) is 58.2 Å². The van der Waals surface area contributed by atoms with Crippen LogP contribution in [-0.4, -0.2) is 60.1 Å². The Morgan fingerprint density at radius 2 is 1.86 bits per heavy atom. The predicted molar refractivity (Wildman–Crippen MR) is 115 cm³/mol. The lowest BCUT2D eigenvalue weighted by Gasteiger charge is -2.37. The molecule has 0 aromatic heterocycles. The Morgan fingerprint density at radius 3 is 2.48 bits per heavy atom. The van der Waals surface area contributed by atoms with Crippen molar-refractivity contribution in [2.24, 2.45) is 0 Å². The number of fused-ring (bicyclic) bond motifs is 1. The van der Waals surface area contributed by atoms with Gasteiger partial charge in [0.1, 0.15) is 5.60 Å². The number of likely N-dealkylation sites (tertiary alicyclic amines) is 1. The largest absolute Gasteiger partial charge is 0.444 e. The Hall–Kier alpha value is -2.34. The maximum absolute atomic E-state index is 12.7. The van der Waals surface area contributed by atoms with Gasteiger partial charge in [0.25, 0.3) is 5.91 Å². The van der Waals surface area contributed by atoms with Crippen molar-refractivity contribution in [2.75, 3.05) is 31.6 Å². The van der Waals surface area contributed by atoms with Gasteiger partial charge in [-0.25, -0.2) is 4.79 Å². The normalized spacial score (nSPS) is 18.1. The molecule has 6 nitrogen and oxygen atoms in total. The van der Waals surface area contributed by atoms with E-state index in [0.717, 1.165) is 43.6 Å². The molecule has 0 radical (unpaired) electrons. The van der Waals surface area contributed by atoms with E-state index < -0.39 is 5.60 Å². The van der Waals surface area contributed by atoms with Gasteiger partial charge >= 0.3 is 6.09 Å². The number of amides is 2. The second-order valence-corrected chi connectivity index (χ2v) is 9.05. The van der Waals surface area contributed by atoms with E-state index in [4.69, 9.17) is 4.74 Å². The highest BCUT2D eigenvalue weighted by Gasteiger charge is 2.29. The second kappa shape index (κ2) is 8.57. The first-order chi connectivity index (χ1) is 13.7. The molecule has 0 saturated carbocycles. The molecule has 0 aliphatic carbocycles. The van der Waals surface area contributed by atoms with Crippen molar-refractivity contribution in [1.29, 1.82) is 0 Å². The summed E-state index contributed by atoms with van der Waals surface area (Å²) in [5, 5.41) is 0. The molecule has 0 spiro atoms. The van der Waals surface area contributed by atoms with Crippen LogP contribution in [0.5, 0.6) is 0 Å². The van der Waals surface area contributed by atoms with Crippen LogP contribution >= 0.6 is 0 Å². The molecule has 2 aliphatic heterocycles. The van der Waals surface area contributed by atoms with Gasteiger partial charge in [-0.2, -0.15) is 0 Å². The quantitative estimate of drug-likeness (QED) is 0.729. The molecule has 3 rings (SSSR count). The lowest BCUT2D eigenvalue weighted by Crippen LogP contribution is -2.46. The molecule has 1 fully saturated rings. The molecule has 2 amide bonds. The molecule has 1 aromatic rings. The Bertz CT molecular complexity index is 776. The minimum absolute atomic E-state index is 0.0701. The fourth-order valence-electron chi connectivity index (χ4n) is 4.05. The van der Waals surface area contributed by atoms with Crippen LogP contribution in [0.25, 0.3) is 0 Å². The fourth-order valence-corrected chi connectivity index (χ4v) is 4.05. The van der Waals surface area contributed by atoms with Crippen molar-refractivity contribution in [3.05, 3.63) is 42.0 Å². The molecule has 0 N–H and O–H groups in total. The van der Waals surface area contributed by atoms with E-state index >= 15 is 0 Å². The Labute approximate surface area is 174 Å². The number of carbonyl (C=O) groups is 2. The van der Waals surface area contributed by atoms with Crippen LogP contribution in [0.1, 0.15) is 44.7 Å². The summed E-state index contributed by atoms with van der Waals surface area (Å²) in [6, 6.07) is 6.35. The van der Waals surface area contributed by atoms with Crippen LogP contribution in [0, 0.1) is 0 Å². The molecular weight excluding hydrogens is 366 g/mol. The summed E-state index contributed by atoms with van der Waals surface area (Å²) in [4.78, 5) is 31.1. The van der Waals surface area contributed by atoms with Gasteiger partial charge in [-0.1, -0.05) is 12.6 Å². The topological polar surface area (TPSA) is 53.1 Å². The molecule has 6 heteroatoms. The van der Waals surface area contributed by atoms with E-state index in [0.29, 0.717) is 13.1 Å². The molecule has 0 bridgehead atoms. The van der Waals surface area contributed by atoms with Crippen molar-refractivity contribution in [3.8, 4) is 0 Å². The van der Waals surface area contributed by atoms with Gasteiger partial charge in [0.2, 0.25) is 0 Å². The molecule has 2 aliphatic rings. The van der Waals surface area contributed by atoms with Crippen LogP contribution in [0.15, 0.2) is 30.9 Å². The number of anilines is 1. The van der Waals surface area contributed by atoms with Gasteiger partial charge in [-0.05, 0) is 89.5 Å². The molecule has 1 aromatic carbocycles. The number of ether oxygens (including phenoxy) is 1. The first-order valence-corrected chi connectivity index (χ1v) is 10.4. The molecule has 2 heterocycles. The SMILES string of the molecule is C=CC(=O)N(c1ccc2c(c1)CN(C(=O)OC(C)(C)C)CC2)C1CCN(C)CC1. The first kappa shape index (κ1) is 21.4. The highest BCUT2D eigenvalue weighted by atomic mass is 16.6. The number of rotatable bonds is 3. The van der Waals surface area contributed by atoms with E-state index in [2.05, 4.69) is 30.7 Å². The van der Waals surface area contributed by atoms with Crippen LogP contribution < -0.4 is 4.90 Å². The van der Waals surface area contributed by atoms with Crippen LogP contribution in [-0.2, 0) is 22.5 Å². The molecule has 0 atom stereocenters. The van der Waals surface area contributed by atoms with Crippen molar-refractivity contribution >= 4 is 17.7 Å². The standard InChI is InChI=1S/C23H33N3O3/c1-6-21(27)26(19-10-12-24(5)13-11-19)20-8-7-17-9-14-25(16-18(17)15-20)22(28)29-23(2,3)4/h6-8,15,19H,1,9-14,16H2,2-5H3. The lowest BCUT2D eigenvalue weighted by atomic mass is 9.97. The van der Waals surface area contributed by atoms with Gasteiger partial charge in [-0.15, -0.1) is 0 Å². The van der Waals surface area contributed by atoms with Gasteiger partial charge < -0.3 is 19.4 Å². The third-order valence-electron chi connectivity index (χ3n) is 5.60. The average Bonchev–Trinajstić information content (AvgIpc) is 2.67. The monoisotopic (exact) mass is 399 g/mol. The number of hydrogen-bond acceptors (Lipinski definition) is 4. The number of carbonyl (C=O) groups excluding carboxylic acids is 2. The second-order valence-electron chi connectivity index (χ2n) is 9.05. The van der Waals surface area contributed by atoms with Crippen LogP contribution in [0.4, 0.5) is 10.5 Å². The number of nitrogens with zero attached hydrogens (tertiary/aromatic N) is 3. The van der Waals surface area contributed by atoms with Gasteiger partial charge in [0, 0.05) is 24.8 Å². The third kappa shape index (κ3) is 5.18. The summed E-state index contributed by atoms with van der Waals surface area (Å²) >= 11 is 0. The Morgan fingerprint density at radius 1 is 1.17 bits per heavy atom. The summed E-state index contributed by atoms with van der Waals surface area (Å²) in [6.45, 7) is 12.4. The van der Waals surface area contributed by atoms with E-state index in [1.54, 1.807) is 4.90 Å². The minimum Gasteiger partial charge on any atom is -0.444 e. The Kier molecular flexibility index (Phi) is 6.32. The summed E-state index contributed by atoms with van der Waals surface area (Å²) in [5.41, 5.74) is 2.67. The maximum Gasteiger partial charge on any atom is 0.410 e. The van der Waals surface area contributed by atoms with E-state index in [-0.39, 0.29) is 18.0 Å². The highest BCUT2D eigenvalue weighted by Crippen LogP contribution is 2.29. The van der Waals surface area contributed by atoms with Gasteiger partial charge in [0.15, 0.2) is 0 Å². The minimum atomic E-state index is -0.513. The molecule has 158 valence electrons. The van der Waals surface area contributed by atoms with Crippen LogP contribution in [0.2, 0.25) is 0 Å². The molecular formula is C23H33N3O3. The summed E-state index contributed by atoms with van der Waals surface area (Å²) in [6.07, 6.45) is 3.78. The van der Waals surface area contributed by atoms with E-state index in [1.807, 2.05) is 31.7 Å². The van der Waals surface area contributed by atoms with Gasteiger partial charge in [0.05, 0.1) is 0 Å². The van der Waals surface area contributed by atoms with E-state index in [9.17, 15) is 9.59 Å². The highest BCUT2D eigenvalue weighted by molar-refractivity contribution is 6.01. The third-order valence-corrected chi connectivity index (χ3v) is 5.60. The number of hydrogen-bond donors (Lipinski definition) is 0. The van der Waals surface area contributed by atoms with Crippen molar-refractivity contribution in [1.82, 2.24) is 9.80 Å². The van der Waals surface area contributed by atoms with Crippen molar-refractivity contribution < 1.29 is 14.3 Å². The fraction of sp³-hybridized carbons (Fsp3) is 0.565. The van der Waals surface area contributed by atoms with E-state index in [1.165, 1.54) is 11.6 Å². The number of piperidine rings is 1. The molecule has 29 heavy (non-hydrogen) atoms. The zero-order valence-electron chi connectivity index (χ0n) is 18.1. The zero-order chi connectivity index (χ0) is 21.2. The summed E-state index contributed by atoms with van der Waals surface area (Å²) in [5.74, 6) is -0.0701. The average molecular weight is 400 g/mol. The summed E-state index contributed by atoms with van der Waals surface area (Å²) < 4.78 is 5.54. The smallest absolute Gasteiger partial charge is 0.410 e. The number of benzene rings is 1. The Balaban J connectivity index is 1.82. The summed E-state index contributed by atoms with van der Waals surface area (Å²) in [7, 11) is 2.11.